The first-order chi connectivity index (χ1) is 15.6. The molecule has 0 spiro atoms. The summed E-state index contributed by atoms with van der Waals surface area (Å²) in [7, 11) is 2.69. The number of anilines is 2. The average molecular weight is 429 g/mol. The van der Waals surface area contributed by atoms with Gasteiger partial charge in [-0.2, -0.15) is 5.10 Å². The molecular formula is C24H19N3O5. The van der Waals surface area contributed by atoms with Crippen LogP contribution in [0.1, 0.15) is 0 Å². The van der Waals surface area contributed by atoms with Crippen LogP contribution in [0.25, 0.3) is 10.8 Å². The highest BCUT2D eigenvalue weighted by molar-refractivity contribution is 6.47. The Morgan fingerprint density at radius 2 is 1.56 bits per heavy atom. The van der Waals surface area contributed by atoms with E-state index < -0.39 is 29.7 Å². The van der Waals surface area contributed by atoms with Gasteiger partial charge in [0, 0.05) is 5.39 Å². The Morgan fingerprint density at radius 3 is 2.34 bits per heavy atom. The second-order valence-corrected chi connectivity index (χ2v) is 7.43. The molecule has 32 heavy (non-hydrogen) atoms. The van der Waals surface area contributed by atoms with Crippen molar-refractivity contribution in [3.63, 3.8) is 0 Å². The van der Waals surface area contributed by atoms with Gasteiger partial charge in [-0.05, 0) is 23.6 Å². The normalized spacial score (nSPS) is 19.9. The summed E-state index contributed by atoms with van der Waals surface area (Å²) in [5.74, 6) is -2.48. The number of methoxy groups -OCH3 is 2. The molecule has 0 radical (unpaired) electrons. The molecule has 0 saturated carbocycles. The number of ether oxygens (including phenoxy) is 2. The summed E-state index contributed by atoms with van der Waals surface area (Å²) in [5, 5.41) is 7.67. The number of carbonyl (C=O) groups is 3. The summed E-state index contributed by atoms with van der Waals surface area (Å²) >= 11 is 0. The van der Waals surface area contributed by atoms with Crippen molar-refractivity contribution < 1.29 is 23.9 Å². The number of esters is 1. The minimum Gasteiger partial charge on any atom is -0.495 e. The van der Waals surface area contributed by atoms with Crippen LogP contribution in [0, 0.1) is 5.92 Å². The monoisotopic (exact) mass is 429 g/mol. The van der Waals surface area contributed by atoms with Gasteiger partial charge in [0.15, 0.2) is 5.71 Å². The van der Waals surface area contributed by atoms with Gasteiger partial charge in [0.1, 0.15) is 17.7 Å². The lowest BCUT2D eigenvalue weighted by Gasteiger charge is -2.24. The fourth-order valence-electron chi connectivity index (χ4n) is 4.35. The zero-order valence-corrected chi connectivity index (χ0v) is 17.4. The summed E-state index contributed by atoms with van der Waals surface area (Å²) in [5.41, 5.74) is 0.850. The van der Waals surface area contributed by atoms with Crippen LogP contribution in [0.15, 0.2) is 71.8 Å². The molecule has 2 heterocycles. The fourth-order valence-corrected chi connectivity index (χ4v) is 4.35. The predicted octanol–water partition coefficient (Wildman–Crippen LogP) is 2.76. The highest BCUT2D eigenvalue weighted by atomic mass is 16.5. The van der Waals surface area contributed by atoms with E-state index in [4.69, 9.17) is 9.47 Å². The Labute approximate surface area is 183 Å². The van der Waals surface area contributed by atoms with Crippen LogP contribution in [-0.2, 0) is 19.1 Å². The maximum atomic E-state index is 13.6. The lowest BCUT2D eigenvalue weighted by Crippen LogP contribution is -2.39. The number of nitrogens with zero attached hydrogens (tertiary/aromatic N) is 3. The molecule has 8 heteroatoms. The minimum atomic E-state index is -1.08. The average Bonchev–Trinajstić information content (AvgIpc) is 3.34. The predicted molar refractivity (Wildman–Crippen MR) is 119 cm³/mol. The zero-order valence-electron chi connectivity index (χ0n) is 17.4. The molecule has 160 valence electrons. The molecule has 2 aliphatic rings. The van der Waals surface area contributed by atoms with Crippen LogP contribution < -0.4 is 14.6 Å². The van der Waals surface area contributed by atoms with Gasteiger partial charge in [-0.3, -0.25) is 14.6 Å². The van der Waals surface area contributed by atoms with E-state index in [0.717, 1.165) is 15.7 Å². The van der Waals surface area contributed by atoms with E-state index in [2.05, 4.69) is 5.10 Å². The number of para-hydroxylation sites is 2. The van der Waals surface area contributed by atoms with Crippen molar-refractivity contribution in [1.82, 2.24) is 0 Å². The molecule has 0 unspecified atom stereocenters. The van der Waals surface area contributed by atoms with Gasteiger partial charge in [-0.15, -0.1) is 0 Å². The van der Waals surface area contributed by atoms with Crippen LogP contribution >= 0.6 is 0 Å². The molecule has 3 aromatic rings. The largest absolute Gasteiger partial charge is 0.495 e. The minimum absolute atomic E-state index is 0.0961. The summed E-state index contributed by atoms with van der Waals surface area (Å²) in [6.07, 6.45) is 0. The Balaban J connectivity index is 1.68. The maximum absolute atomic E-state index is 13.6. The molecule has 0 aromatic heterocycles. The van der Waals surface area contributed by atoms with Crippen molar-refractivity contribution in [2.75, 3.05) is 24.1 Å². The molecule has 0 N–H and O–H groups in total. The number of benzene rings is 3. The highest BCUT2D eigenvalue weighted by Gasteiger charge is 2.59. The number of imide groups is 1. The first kappa shape index (κ1) is 19.7. The van der Waals surface area contributed by atoms with Crippen LogP contribution in [0.2, 0.25) is 0 Å². The number of amides is 2. The number of carbonyl (C=O) groups excluding carboxylic acids is 3. The quantitative estimate of drug-likeness (QED) is 0.468. The van der Waals surface area contributed by atoms with Crippen molar-refractivity contribution in [3.8, 4) is 5.75 Å². The van der Waals surface area contributed by atoms with Crippen molar-refractivity contribution in [1.29, 1.82) is 0 Å². The molecule has 2 amide bonds. The summed E-state index contributed by atoms with van der Waals surface area (Å²) < 4.78 is 10.2. The number of hydrogen-bond acceptors (Lipinski definition) is 7. The molecule has 1 fully saturated rings. The molecule has 5 rings (SSSR count). The van der Waals surface area contributed by atoms with Gasteiger partial charge >= 0.3 is 5.97 Å². The molecule has 8 nitrogen and oxygen atoms in total. The Hall–Kier alpha value is -4.20. The van der Waals surface area contributed by atoms with E-state index in [1.54, 1.807) is 24.3 Å². The van der Waals surface area contributed by atoms with Crippen LogP contribution in [0.3, 0.4) is 0 Å². The fraction of sp³-hybridized carbons (Fsp3) is 0.167. The number of fused-ring (bicyclic) bond motifs is 2. The summed E-state index contributed by atoms with van der Waals surface area (Å²) in [6.45, 7) is 0. The second-order valence-electron chi connectivity index (χ2n) is 7.43. The Bertz CT molecular complexity index is 1300. The zero-order chi connectivity index (χ0) is 22.4. The van der Waals surface area contributed by atoms with E-state index >= 15 is 0 Å². The van der Waals surface area contributed by atoms with Crippen LogP contribution in [0.5, 0.6) is 5.75 Å². The van der Waals surface area contributed by atoms with Gasteiger partial charge in [0.25, 0.3) is 5.91 Å². The molecule has 2 atom stereocenters. The molecule has 0 bridgehead atoms. The van der Waals surface area contributed by atoms with Gasteiger partial charge in [-0.25, -0.2) is 9.69 Å². The first-order valence-electron chi connectivity index (χ1n) is 10.0. The summed E-state index contributed by atoms with van der Waals surface area (Å²) in [6, 6.07) is 19.0. The smallest absolute Gasteiger partial charge is 0.355 e. The second kappa shape index (κ2) is 7.49. The Morgan fingerprint density at radius 1 is 0.875 bits per heavy atom. The third-order valence-corrected chi connectivity index (χ3v) is 5.78. The number of rotatable bonds is 4. The van der Waals surface area contributed by atoms with Gasteiger partial charge < -0.3 is 9.47 Å². The standard InChI is InChI=1S/C24H19N3O5/c1-31-18-13-6-5-11-17(18)26-22(28)19-20(24(30)32-2)25-27(21(19)23(26)29)16-12-7-9-14-8-3-4-10-15(14)16/h3-13,19,21H,1-2H3/t19-,21+/m0/s1. The van der Waals surface area contributed by atoms with Crippen LogP contribution in [-0.4, -0.2) is 43.8 Å². The van der Waals surface area contributed by atoms with E-state index in [1.165, 1.54) is 19.2 Å². The lowest BCUT2D eigenvalue weighted by atomic mass is 9.97. The van der Waals surface area contributed by atoms with Crippen molar-refractivity contribution in [2.45, 2.75) is 6.04 Å². The first-order valence-corrected chi connectivity index (χ1v) is 10.0. The van der Waals surface area contributed by atoms with Crippen molar-refractivity contribution >= 4 is 45.6 Å². The molecule has 0 aliphatic carbocycles. The molecule has 2 aliphatic heterocycles. The van der Waals surface area contributed by atoms with Gasteiger partial charge in [0.05, 0.1) is 25.6 Å². The van der Waals surface area contributed by atoms with E-state index in [1.807, 2.05) is 42.5 Å². The molecular weight excluding hydrogens is 410 g/mol. The Kier molecular flexibility index (Phi) is 4.62. The van der Waals surface area contributed by atoms with Gasteiger partial charge in [-0.1, -0.05) is 48.5 Å². The van der Waals surface area contributed by atoms with Gasteiger partial charge in [0.2, 0.25) is 5.91 Å². The topological polar surface area (TPSA) is 88.5 Å². The maximum Gasteiger partial charge on any atom is 0.355 e. The van der Waals surface area contributed by atoms with Crippen molar-refractivity contribution in [3.05, 3.63) is 66.7 Å². The van der Waals surface area contributed by atoms with Crippen LogP contribution in [0.4, 0.5) is 11.4 Å². The third kappa shape index (κ3) is 2.76. The summed E-state index contributed by atoms with van der Waals surface area (Å²) in [4.78, 5) is 40.7. The number of hydrogen-bond donors (Lipinski definition) is 0. The third-order valence-electron chi connectivity index (χ3n) is 5.78. The molecule has 3 aromatic carbocycles. The van der Waals surface area contributed by atoms with E-state index in [9.17, 15) is 14.4 Å². The lowest BCUT2D eigenvalue weighted by molar-refractivity contribution is -0.133. The number of hydrazone groups is 1. The highest BCUT2D eigenvalue weighted by Crippen LogP contribution is 2.42. The van der Waals surface area contributed by atoms with E-state index in [0.29, 0.717) is 17.1 Å². The molecule has 1 saturated heterocycles. The SMILES string of the molecule is COC(=O)C1=NN(c2cccc3ccccc23)[C@H]2C(=O)N(c3ccccc3OC)C(=O)[C@@H]12. The van der Waals surface area contributed by atoms with Crippen molar-refractivity contribution in [2.24, 2.45) is 11.0 Å². The van der Waals surface area contributed by atoms with E-state index in [-0.39, 0.29) is 5.71 Å².